The van der Waals surface area contributed by atoms with Crippen molar-refractivity contribution in [3.63, 3.8) is 0 Å². The molecule has 0 radical (unpaired) electrons. The minimum absolute atomic E-state index is 0.0769. The van der Waals surface area contributed by atoms with Gasteiger partial charge in [0.15, 0.2) is 0 Å². The van der Waals surface area contributed by atoms with E-state index >= 15 is 0 Å². The first kappa shape index (κ1) is 26.8. The Kier molecular flexibility index (Phi) is 6.45. The predicted molar refractivity (Wildman–Crippen MR) is 157 cm³/mol. The van der Waals surface area contributed by atoms with E-state index < -0.39 is 29.9 Å². The summed E-state index contributed by atoms with van der Waals surface area (Å²) < 4.78 is 83.3. The highest BCUT2D eigenvalue weighted by Gasteiger charge is 2.34. The van der Waals surface area contributed by atoms with Gasteiger partial charge in [0.25, 0.3) is 20.0 Å². The Labute approximate surface area is 238 Å². The van der Waals surface area contributed by atoms with Gasteiger partial charge in [-0.25, -0.2) is 25.3 Å². The van der Waals surface area contributed by atoms with Crippen LogP contribution < -0.4 is 9.44 Å². The lowest BCUT2D eigenvalue weighted by Gasteiger charge is -2.10. The number of sulfonamides is 2. The number of sulfone groups is 1. The molecule has 0 bridgehead atoms. The summed E-state index contributed by atoms with van der Waals surface area (Å²) >= 11 is 0. The quantitative estimate of drug-likeness (QED) is 0.239. The van der Waals surface area contributed by atoms with Crippen molar-refractivity contribution >= 4 is 41.3 Å². The van der Waals surface area contributed by atoms with E-state index in [1.165, 1.54) is 36.4 Å². The van der Waals surface area contributed by atoms with Gasteiger partial charge < -0.3 is 0 Å². The number of hydrogen-bond acceptors (Lipinski definition) is 6. The van der Waals surface area contributed by atoms with Crippen LogP contribution >= 0.6 is 0 Å². The number of benzene rings is 5. The highest BCUT2D eigenvalue weighted by molar-refractivity contribution is 7.93. The zero-order chi connectivity index (χ0) is 28.8. The van der Waals surface area contributed by atoms with Crippen molar-refractivity contribution in [1.82, 2.24) is 0 Å². The molecular formula is C30H22N2O6S3. The number of para-hydroxylation sites is 2. The van der Waals surface area contributed by atoms with Crippen LogP contribution in [0.25, 0.3) is 22.3 Å². The lowest BCUT2D eigenvalue weighted by molar-refractivity contribution is 0.596. The van der Waals surface area contributed by atoms with Crippen LogP contribution in [0.5, 0.6) is 0 Å². The molecule has 0 amide bonds. The van der Waals surface area contributed by atoms with Crippen LogP contribution in [0, 0.1) is 0 Å². The highest BCUT2D eigenvalue weighted by atomic mass is 32.2. The van der Waals surface area contributed by atoms with Gasteiger partial charge in [-0.3, -0.25) is 9.44 Å². The summed E-state index contributed by atoms with van der Waals surface area (Å²) in [5.74, 6) is 0. The highest BCUT2D eigenvalue weighted by Crippen LogP contribution is 2.45. The molecule has 1 aliphatic rings. The SMILES string of the molecule is O=S(=O)(Nc1ccccc1)c1ccc(-c2ccc3c(c2)-c2ccc(S(=O)(=O)Nc4ccccc4)cc2S3(=O)=O)cc1. The Bertz CT molecular complexity index is 2110. The maximum atomic E-state index is 13.4. The Morgan fingerprint density at radius 2 is 0.976 bits per heavy atom. The van der Waals surface area contributed by atoms with E-state index in [1.807, 2.05) is 0 Å². The summed E-state index contributed by atoms with van der Waals surface area (Å²) in [6, 6.07) is 32.0. The first-order chi connectivity index (χ1) is 19.5. The number of rotatable bonds is 7. The largest absolute Gasteiger partial charge is 0.280 e. The number of hydrogen-bond donors (Lipinski definition) is 2. The normalized spacial score (nSPS) is 13.7. The molecule has 0 atom stereocenters. The molecule has 0 fully saturated rings. The van der Waals surface area contributed by atoms with Gasteiger partial charge in [-0.1, -0.05) is 60.7 Å². The van der Waals surface area contributed by atoms with Gasteiger partial charge in [-0.15, -0.1) is 0 Å². The van der Waals surface area contributed by atoms with Crippen molar-refractivity contribution < 1.29 is 25.3 Å². The summed E-state index contributed by atoms with van der Waals surface area (Å²) in [5, 5.41) is 0. The molecule has 0 aliphatic carbocycles. The van der Waals surface area contributed by atoms with E-state index in [1.54, 1.807) is 84.9 Å². The van der Waals surface area contributed by atoms with Crippen LogP contribution in [0.3, 0.4) is 0 Å². The fraction of sp³-hybridized carbons (Fsp3) is 0. The summed E-state index contributed by atoms with van der Waals surface area (Å²) in [6.45, 7) is 0. The zero-order valence-electron chi connectivity index (χ0n) is 21.2. The monoisotopic (exact) mass is 602 g/mol. The standard InChI is InChI=1S/C30H22N2O6S3/c33-39(34)29-18-13-22(21-11-14-25(15-12-21)40(35,36)31-23-7-3-1-4-8-23)19-28(29)27-17-16-26(20-30(27)39)41(37,38)32-24-9-5-2-6-10-24/h1-20,31-32H. The molecule has 6 rings (SSSR count). The van der Waals surface area contributed by atoms with Crippen molar-refractivity contribution in [2.45, 2.75) is 19.6 Å². The Balaban J connectivity index is 1.32. The van der Waals surface area contributed by atoms with Gasteiger partial charge in [0.1, 0.15) is 0 Å². The molecule has 0 saturated carbocycles. The van der Waals surface area contributed by atoms with E-state index in [0.29, 0.717) is 33.6 Å². The molecule has 2 N–H and O–H groups in total. The minimum Gasteiger partial charge on any atom is -0.280 e. The van der Waals surface area contributed by atoms with Gasteiger partial charge >= 0.3 is 0 Å². The van der Waals surface area contributed by atoms with Gasteiger partial charge in [0.2, 0.25) is 9.84 Å². The fourth-order valence-corrected chi connectivity index (χ4v) is 8.56. The van der Waals surface area contributed by atoms with Crippen LogP contribution in [0.4, 0.5) is 11.4 Å². The lowest BCUT2D eigenvalue weighted by Crippen LogP contribution is -2.13. The smallest absolute Gasteiger partial charge is 0.261 e. The van der Waals surface area contributed by atoms with Gasteiger partial charge in [-0.05, 0) is 71.8 Å². The first-order valence-corrected chi connectivity index (χ1v) is 16.8. The molecule has 206 valence electrons. The molecule has 8 nitrogen and oxygen atoms in total. The summed E-state index contributed by atoms with van der Waals surface area (Å²) in [4.78, 5) is -0.100. The van der Waals surface area contributed by atoms with Crippen LogP contribution in [0.1, 0.15) is 0 Å². The molecular weight excluding hydrogens is 581 g/mol. The predicted octanol–water partition coefficient (Wildman–Crippen LogP) is 5.77. The van der Waals surface area contributed by atoms with Gasteiger partial charge in [0, 0.05) is 22.5 Å². The molecule has 5 aromatic carbocycles. The molecule has 0 spiro atoms. The van der Waals surface area contributed by atoms with Crippen molar-refractivity contribution in [3.8, 4) is 22.3 Å². The second-order valence-corrected chi connectivity index (χ2v) is 14.6. The molecule has 0 aromatic heterocycles. The fourth-order valence-electron chi connectivity index (χ4n) is 4.65. The van der Waals surface area contributed by atoms with Crippen molar-refractivity contribution in [2.24, 2.45) is 0 Å². The molecule has 5 aromatic rings. The van der Waals surface area contributed by atoms with Crippen LogP contribution in [-0.2, 0) is 29.9 Å². The van der Waals surface area contributed by atoms with E-state index in [0.717, 1.165) is 0 Å². The van der Waals surface area contributed by atoms with Crippen LogP contribution in [-0.4, -0.2) is 25.3 Å². The van der Waals surface area contributed by atoms with Crippen LogP contribution in [0.2, 0.25) is 0 Å². The molecule has 41 heavy (non-hydrogen) atoms. The molecule has 11 heteroatoms. The van der Waals surface area contributed by atoms with E-state index in [9.17, 15) is 25.3 Å². The van der Waals surface area contributed by atoms with E-state index in [4.69, 9.17) is 0 Å². The summed E-state index contributed by atoms with van der Waals surface area (Å²) in [7, 11) is -11.8. The summed E-state index contributed by atoms with van der Waals surface area (Å²) in [5.41, 5.74) is 3.00. The number of fused-ring (bicyclic) bond motifs is 3. The van der Waals surface area contributed by atoms with E-state index in [-0.39, 0.29) is 19.6 Å². The van der Waals surface area contributed by atoms with Crippen LogP contribution in [0.15, 0.2) is 141 Å². The second-order valence-electron chi connectivity index (χ2n) is 9.34. The zero-order valence-corrected chi connectivity index (χ0v) is 23.7. The molecule has 0 saturated heterocycles. The van der Waals surface area contributed by atoms with Crippen molar-refractivity contribution in [2.75, 3.05) is 9.44 Å². The average molecular weight is 603 g/mol. The maximum Gasteiger partial charge on any atom is 0.261 e. The topological polar surface area (TPSA) is 126 Å². The Morgan fingerprint density at radius 1 is 0.463 bits per heavy atom. The van der Waals surface area contributed by atoms with Gasteiger partial charge in [0.05, 0.1) is 19.6 Å². The lowest BCUT2D eigenvalue weighted by atomic mass is 9.99. The molecule has 0 unspecified atom stereocenters. The molecule has 1 heterocycles. The van der Waals surface area contributed by atoms with E-state index in [2.05, 4.69) is 9.44 Å². The maximum absolute atomic E-state index is 13.4. The Morgan fingerprint density at radius 3 is 1.56 bits per heavy atom. The first-order valence-electron chi connectivity index (χ1n) is 12.3. The number of anilines is 2. The Hall–Kier alpha value is -4.45. The number of nitrogens with one attached hydrogen (secondary N) is 2. The average Bonchev–Trinajstić information content (AvgIpc) is 3.19. The van der Waals surface area contributed by atoms with Crippen molar-refractivity contribution in [3.05, 3.63) is 121 Å². The van der Waals surface area contributed by atoms with Crippen molar-refractivity contribution in [1.29, 1.82) is 0 Å². The summed E-state index contributed by atoms with van der Waals surface area (Å²) in [6.07, 6.45) is 0. The third kappa shape index (κ3) is 4.99. The molecule has 1 aliphatic heterocycles. The second kappa shape index (κ2) is 9.88. The third-order valence-corrected chi connectivity index (χ3v) is 11.3. The van der Waals surface area contributed by atoms with Gasteiger partial charge in [-0.2, -0.15) is 0 Å². The third-order valence-electron chi connectivity index (χ3n) is 6.66. The minimum atomic E-state index is -4.03.